The largest absolute Gasteiger partial charge is 0.329 e. The van der Waals surface area contributed by atoms with Crippen LogP contribution in [0.4, 0.5) is 0 Å². The van der Waals surface area contributed by atoms with E-state index in [1.807, 2.05) is 0 Å². The number of benzene rings is 1. The molecule has 1 aromatic carbocycles. The maximum absolute atomic E-state index is 6.31. The summed E-state index contributed by atoms with van der Waals surface area (Å²) >= 11 is 0. The van der Waals surface area contributed by atoms with Gasteiger partial charge in [0.05, 0.1) is 0 Å². The lowest BCUT2D eigenvalue weighted by atomic mass is 9.70. The number of fused-ring (bicyclic) bond motifs is 1. The van der Waals surface area contributed by atoms with Crippen LogP contribution < -0.4 is 5.73 Å². The average Bonchev–Trinajstić information content (AvgIpc) is 2.73. The second-order valence-electron chi connectivity index (χ2n) is 7.42. The van der Waals surface area contributed by atoms with Crippen molar-refractivity contribution in [2.24, 2.45) is 17.6 Å². The Balaban J connectivity index is 1.84. The zero-order valence-corrected chi connectivity index (χ0v) is 13.6. The Labute approximate surface area is 129 Å². The highest BCUT2D eigenvalue weighted by molar-refractivity contribution is 5.28. The minimum atomic E-state index is 0.239. The fourth-order valence-electron chi connectivity index (χ4n) is 4.39. The van der Waals surface area contributed by atoms with E-state index >= 15 is 0 Å². The minimum absolute atomic E-state index is 0.239. The van der Waals surface area contributed by atoms with Gasteiger partial charge in [-0.25, -0.2) is 0 Å². The van der Waals surface area contributed by atoms with Gasteiger partial charge in [-0.2, -0.15) is 0 Å². The first-order chi connectivity index (χ1) is 10.1. The van der Waals surface area contributed by atoms with Crippen LogP contribution in [0, 0.1) is 11.8 Å². The third-order valence-electron chi connectivity index (χ3n) is 6.14. The minimum Gasteiger partial charge on any atom is -0.329 e. The van der Waals surface area contributed by atoms with Crippen molar-refractivity contribution in [1.82, 2.24) is 4.90 Å². The van der Waals surface area contributed by atoms with Gasteiger partial charge in [0, 0.05) is 18.6 Å². The summed E-state index contributed by atoms with van der Waals surface area (Å²) in [5.74, 6) is 1.64. The summed E-state index contributed by atoms with van der Waals surface area (Å²) in [6.45, 7) is 7.93. The van der Waals surface area contributed by atoms with E-state index in [9.17, 15) is 0 Å². The molecule has 2 heteroatoms. The maximum atomic E-state index is 6.31. The molecule has 1 heterocycles. The van der Waals surface area contributed by atoms with E-state index in [1.165, 1.54) is 44.2 Å². The molecule has 1 aliphatic carbocycles. The van der Waals surface area contributed by atoms with Gasteiger partial charge in [0.1, 0.15) is 0 Å². The molecule has 0 saturated heterocycles. The van der Waals surface area contributed by atoms with Gasteiger partial charge in [-0.3, -0.25) is 4.90 Å². The number of nitrogens with zero attached hydrogens (tertiary/aromatic N) is 1. The molecular weight excluding hydrogens is 256 g/mol. The van der Waals surface area contributed by atoms with E-state index in [1.54, 1.807) is 5.56 Å². The molecule has 116 valence electrons. The zero-order chi connectivity index (χ0) is 14.9. The third-order valence-corrected chi connectivity index (χ3v) is 6.14. The number of nitrogens with two attached hydrogens (primary N) is 1. The Bertz CT molecular complexity index is 484. The molecule has 2 nitrogen and oxygen atoms in total. The van der Waals surface area contributed by atoms with Crippen molar-refractivity contribution in [3.05, 3.63) is 35.4 Å². The fraction of sp³-hybridized carbons (Fsp3) is 0.684. The van der Waals surface area contributed by atoms with Gasteiger partial charge >= 0.3 is 0 Å². The molecule has 2 N–H and O–H groups in total. The summed E-state index contributed by atoms with van der Waals surface area (Å²) in [7, 11) is 0. The van der Waals surface area contributed by atoms with Crippen LogP contribution in [-0.4, -0.2) is 23.5 Å². The lowest BCUT2D eigenvalue weighted by Crippen LogP contribution is -2.56. The Morgan fingerprint density at radius 1 is 1.19 bits per heavy atom. The molecule has 0 amide bonds. The maximum Gasteiger partial charge on any atom is 0.0338 e. The number of hydrogen-bond acceptors (Lipinski definition) is 2. The highest BCUT2D eigenvalue weighted by atomic mass is 15.2. The van der Waals surface area contributed by atoms with Gasteiger partial charge in [0.2, 0.25) is 0 Å². The van der Waals surface area contributed by atoms with Crippen LogP contribution in [0.2, 0.25) is 0 Å². The van der Waals surface area contributed by atoms with E-state index in [-0.39, 0.29) is 5.54 Å². The van der Waals surface area contributed by atoms with Gasteiger partial charge in [0.25, 0.3) is 0 Å². The molecule has 1 aromatic rings. The molecule has 1 fully saturated rings. The monoisotopic (exact) mass is 286 g/mol. The Kier molecular flexibility index (Phi) is 4.37. The van der Waals surface area contributed by atoms with Crippen LogP contribution in [0.3, 0.4) is 0 Å². The van der Waals surface area contributed by atoms with Crippen molar-refractivity contribution >= 4 is 0 Å². The van der Waals surface area contributed by atoms with Gasteiger partial charge in [-0.15, -0.1) is 0 Å². The second kappa shape index (κ2) is 6.10. The standard InChI is InChI=1S/C19H30N2/c1-15-9-10-19(14-20,12-16(15)2)21-11-5-8-17-6-3-4-7-18(17)13-21/h3-4,6-7,15-16H,5,8-14,20H2,1-2H3. The predicted octanol–water partition coefficient (Wildman–Crippen LogP) is 3.59. The average molecular weight is 286 g/mol. The molecule has 0 bridgehead atoms. The van der Waals surface area contributed by atoms with E-state index in [0.29, 0.717) is 0 Å². The van der Waals surface area contributed by atoms with Crippen LogP contribution in [0.25, 0.3) is 0 Å². The van der Waals surface area contributed by atoms with Crippen LogP contribution in [-0.2, 0) is 13.0 Å². The normalized spacial score (nSPS) is 34.2. The molecule has 0 aromatic heterocycles. The summed E-state index contributed by atoms with van der Waals surface area (Å²) in [5.41, 5.74) is 9.61. The van der Waals surface area contributed by atoms with Gasteiger partial charge in [0.15, 0.2) is 0 Å². The summed E-state index contributed by atoms with van der Waals surface area (Å²) in [4.78, 5) is 2.72. The van der Waals surface area contributed by atoms with Crippen molar-refractivity contribution in [3.63, 3.8) is 0 Å². The summed E-state index contributed by atoms with van der Waals surface area (Å²) in [6.07, 6.45) is 6.36. The molecule has 1 saturated carbocycles. The van der Waals surface area contributed by atoms with Gasteiger partial charge < -0.3 is 5.73 Å². The van der Waals surface area contributed by atoms with Crippen molar-refractivity contribution in [2.75, 3.05) is 13.1 Å². The van der Waals surface area contributed by atoms with E-state index in [0.717, 1.165) is 24.9 Å². The third kappa shape index (κ3) is 2.89. The number of rotatable bonds is 2. The molecular formula is C19H30N2. The smallest absolute Gasteiger partial charge is 0.0338 e. The molecule has 0 spiro atoms. The Morgan fingerprint density at radius 3 is 2.67 bits per heavy atom. The summed E-state index contributed by atoms with van der Waals surface area (Å²) in [5, 5.41) is 0. The first-order valence-corrected chi connectivity index (χ1v) is 8.66. The zero-order valence-electron chi connectivity index (χ0n) is 13.6. The van der Waals surface area contributed by atoms with Crippen LogP contribution in [0.5, 0.6) is 0 Å². The highest BCUT2D eigenvalue weighted by Gasteiger charge is 2.41. The Morgan fingerprint density at radius 2 is 1.95 bits per heavy atom. The Hall–Kier alpha value is -0.860. The van der Waals surface area contributed by atoms with Crippen LogP contribution >= 0.6 is 0 Å². The van der Waals surface area contributed by atoms with E-state index < -0.39 is 0 Å². The molecule has 3 rings (SSSR count). The van der Waals surface area contributed by atoms with Crippen molar-refractivity contribution in [2.45, 2.75) is 58.0 Å². The number of aryl methyl sites for hydroxylation is 1. The molecule has 3 atom stereocenters. The van der Waals surface area contributed by atoms with Gasteiger partial charge in [-0.1, -0.05) is 38.1 Å². The summed E-state index contributed by atoms with van der Waals surface area (Å²) in [6, 6.07) is 8.98. The second-order valence-corrected chi connectivity index (χ2v) is 7.42. The fourth-order valence-corrected chi connectivity index (χ4v) is 4.39. The molecule has 21 heavy (non-hydrogen) atoms. The lowest BCUT2D eigenvalue weighted by molar-refractivity contribution is 0.0160. The quantitative estimate of drug-likeness (QED) is 0.900. The molecule has 2 aliphatic rings. The summed E-state index contributed by atoms with van der Waals surface area (Å²) < 4.78 is 0. The molecule has 1 aliphatic heterocycles. The first kappa shape index (κ1) is 15.1. The lowest BCUT2D eigenvalue weighted by Gasteiger charge is -2.49. The number of hydrogen-bond donors (Lipinski definition) is 1. The first-order valence-electron chi connectivity index (χ1n) is 8.66. The molecule has 0 radical (unpaired) electrons. The molecule has 3 unspecified atom stereocenters. The SMILES string of the molecule is CC1CCC(CN)(N2CCCc3ccccc3C2)CC1C. The predicted molar refractivity (Wildman–Crippen MR) is 89.1 cm³/mol. The van der Waals surface area contributed by atoms with Gasteiger partial charge in [-0.05, 0) is 61.6 Å². The van der Waals surface area contributed by atoms with Crippen LogP contribution in [0.15, 0.2) is 24.3 Å². The highest BCUT2D eigenvalue weighted by Crippen LogP contribution is 2.41. The van der Waals surface area contributed by atoms with Crippen LogP contribution in [0.1, 0.15) is 50.7 Å². The van der Waals surface area contributed by atoms with E-state index in [4.69, 9.17) is 5.73 Å². The topological polar surface area (TPSA) is 29.3 Å². The van der Waals surface area contributed by atoms with Crippen molar-refractivity contribution in [3.8, 4) is 0 Å². The van der Waals surface area contributed by atoms with Crippen molar-refractivity contribution < 1.29 is 0 Å². The van der Waals surface area contributed by atoms with Crippen molar-refractivity contribution in [1.29, 1.82) is 0 Å². The van der Waals surface area contributed by atoms with E-state index in [2.05, 4.69) is 43.0 Å².